The molecule has 20 heavy (non-hydrogen) atoms. The summed E-state index contributed by atoms with van der Waals surface area (Å²) in [6, 6.07) is 5.78. The molecule has 0 unspecified atom stereocenters. The average molecular weight is 310 g/mol. The summed E-state index contributed by atoms with van der Waals surface area (Å²) in [5.41, 5.74) is 3.14. The van der Waals surface area contributed by atoms with Gasteiger partial charge in [-0.25, -0.2) is 13.4 Å². The lowest BCUT2D eigenvalue weighted by atomic mass is 10.1. The minimum Gasteiger partial charge on any atom is -0.278 e. The number of nitrogens with one attached hydrogen (secondary N) is 1. The highest BCUT2D eigenvalue weighted by atomic mass is 32.2. The number of anilines is 1. The second-order valence-corrected chi connectivity index (χ2v) is 7.75. The Kier molecular flexibility index (Phi) is 4.15. The predicted octanol–water partition coefficient (Wildman–Crippen LogP) is 3.43. The number of hydrogen-bond acceptors (Lipinski definition) is 4. The summed E-state index contributed by atoms with van der Waals surface area (Å²) in [7, 11) is -3.57. The number of hydrogen-bond donors (Lipinski definition) is 1. The average Bonchev–Trinajstić information content (AvgIpc) is 2.72. The van der Waals surface area contributed by atoms with Crippen LogP contribution in [0.3, 0.4) is 0 Å². The fourth-order valence-electron chi connectivity index (χ4n) is 2.11. The molecule has 2 aromatic rings. The number of thiazole rings is 1. The van der Waals surface area contributed by atoms with Gasteiger partial charge in [0, 0.05) is 0 Å². The zero-order valence-corrected chi connectivity index (χ0v) is 13.7. The number of benzene rings is 1. The second kappa shape index (κ2) is 5.54. The topological polar surface area (TPSA) is 59.1 Å². The van der Waals surface area contributed by atoms with Crippen LogP contribution in [-0.4, -0.2) is 13.4 Å². The van der Waals surface area contributed by atoms with E-state index in [0.29, 0.717) is 15.6 Å². The van der Waals surface area contributed by atoms with Crippen molar-refractivity contribution >= 4 is 27.0 Å². The lowest BCUT2D eigenvalue weighted by Crippen LogP contribution is -2.15. The van der Waals surface area contributed by atoms with Crippen LogP contribution in [0.25, 0.3) is 0 Å². The lowest BCUT2D eigenvalue weighted by Gasteiger charge is -2.13. The first kappa shape index (κ1) is 15.0. The minimum absolute atomic E-state index is 0.292. The fourth-order valence-corrected chi connectivity index (χ4v) is 4.77. The van der Waals surface area contributed by atoms with E-state index in [1.807, 2.05) is 39.0 Å². The molecule has 0 saturated heterocycles. The summed E-state index contributed by atoms with van der Waals surface area (Å²) in [5, 5.41) is 0.753. The zero-order chi connectivity index (χ0) is 14.9. The molecule has 0 amide bonds. The number of aromatic nitrogens is 1. The third kappa shape index (κ3) is 2.86. The Labute approximate surface area is 123 Å². The van der Waals surface area contributed by atoms with Crippen LogP contribution in [0, 0.1) is 20.8 Å². The van der Waals surface area contributed by atoms with Gasteiger partial charge in [0.25, 0.3) is 10.0 Å². The van der Waals surface area contributed by atoms with Crippen molar-refractivity contribution in [2.75, 3.05) is 4.72 Å². The van der Waals surface area contributed by atoms with Crippen molar-refractivity contribution in [2.24, 2.45) is 0 Å². The van der Waals surface area contributed by atoms with Gasteiger partial charge in [0.15, 0.2) is 4.21 Å². The number of nitrogens with zero attached hydrogens (tertiary/aromatic N) is 1. The molecule has 4 nitrogen and oxygen atoms in total. The molecule has 1 aromatic carbocycles. The molecule has 6 heteroatoms. The highest BCUT2D eigenvalue weighted by molar-refractivity contribution is 7.94. The molecule has 0 saturated carbocycles. The maximum absolute atomic E-state index is 12.5. The third-order valence-corrected chi connectivity index (χ3v) is 6.11. The van der Waals surface area contributed by atoms with Crippen LogP contribution in [-0.2, 0) is 16.4 Å². The smallest absolute Gasteiger partial charge is 0.273 e. The quantitative estimate of drug-likeness (QED) is 0.941. The summed E-state index contributed by atoms with van der Waals surface area (Å²) in [4.78, 5) is 4.18. The van der Waals surface area contributed by atoms with Gasteiger partial charge in [-0.2, -0.15) is 0 Å². The van der Waals surface area contributed by atoms with Crippen molar-refractivity contribution in [1.29, 1.82) is 0 Å². The minimum atomic E-state index is -3.57. The summed E-state index contributed by atoms with van der Waals surface area (Å²) >= 11 is 1.20. The summed E-state index contributed by atoms with van der Waals surface area (Å²) in [6.07, 6.45) is 0.778. The van der Waals surface area contributed by atoms with E-state index in [1.54, 1.807) is 6.92 Å². The molecule has 0 aliphatic rings. The van der Waals surface area contributed by atoms with Crippen molar-refractivity contribution < 1.29 is 8.42 Å². The van der Waals surface area contributed by atoms with Crippen molar-refractivity contribution in [1.82, 2.24) is 4.98 Å². The monoisotopic (exact) mass is 310 g/mol. The predicted molar refractivity (Wildman–Crippen MR) is 83.0 cm³/mol. The Hall–Kier alpha value is -1.40. The second-order valence-electron chi connectivity index (χ2n) is 4.67. The fraction of sp³-hybridized carbons (Fsp3) is 0.357. The Morgan fingerprint density at radius 1 is 1.25 bits per heavy atom. The van der Waals surface area contributed by atoms with Crippen LogP contribution in [0.5, 0.6) is 0 Å². The standard InChI is InChI=1S/C14H18N2O2S2/c1-5-12-8-6-7-9(2)13(12)16-20(17,18)14-10(3)15-11(4)19-14/h6-8,16H,5H2,1-4H3. The lowest BCUT2D eigenvalue weighted by molar-refractivity contribution is 0.602. The van der Waals surface area contributed by atoms with E-state index >= 15 is 0 Å². The first-order valence-corrected chi connectivity index (χ1v) is 8.70. The number of para-hydroxylation sites is 1. The van der Waals surface area contributed by atoms with Gasteiger partial charge in [0.05, 0.1) is 16.4 Å². The Morgan fingerprint density at radius 2 is 1.95 bits per heavy atom. The molecule has 0 bridgehead atoms. The van der Waals surface area contributed by atoms with Gasteiger partial charge in [-0.1, -0.05) is 25.1 Å². The summed E-state index contributed by atoms with van der Waals surface area (Å²) in [6.45, 7) is 7.44. The normalized spacial score (nSPS) is 11.6. The van der Waals surface area contributed by atoms with E-state index in [9.17, 15) is 8.42 Å². The number of aryl methyl sites for hydroxylation is 4. The van der Waals surface area contributed by atoms with E-state index in [2.05, 4.69) is 9.71 Å². The molecule has 0 fully saturated rings. The molecule has 0 radical (unpaired) electrons. The van der Waals surface area contributed by atoms with Crippen molar-refractivity contribution in [3.63, 3.8) is 0 Å². The number of rotatable bonds is 4. The molecule has 1 aromatic heterocycles. The van der Waals surface area contributed by atoms with Crippen LogP contribution in [0.1, 0.15) is 28.8 Å². The van der Waals surface area contributed by atoms with E-state index in [0.717, 1.165) is 22.6 Å². The van der Waals surface area contributed by atoms with Crippen molar-refractivity contribution in [3.05, 3.63) is 40.0 Å². The number of sulfonamides is 1. The van der Waals surface area contributed by atoms with Gasteiger partial charge >= 0.3 is 0 Å². The molecule has 0 aliphatic carbocycles. The van der Waals surface area contributed by atoms with Gasteiger partial charge < -0.3 is 0 Å². The van der Waals surface area contributed by atoms with Gasteiger partial charge in [-0.05, 0) is 38.3 Å². The Bertz CT molecular complexity index is 734. The van der Waals surface area contributed by atoms with Crippen LogP contribution >= 0.6 is 11.3 Å². The molecule has 0 atom stereocenters. The highest BCUT2D eigenvalue weighted by Crippen LogP contribution is 2.28. The van der Waals surface area contributed by atoms with E-state index < -0.39 is 10.0 Å². The Balaban J connectivity index is 2.46. The molecule has 0 aliphatic heterocycles. The van der Waals surface area contributed by atoms with Crippen LogP contribution < -0.4 is 4.72 Å². The molecular weight excluding hydrogens is 292 g/mol. The molecule has 1 N–H and O–H groups in total. The van der Waals surface area contributed by atoms with E-state index in [-0.39, 0.29) is 0 Å². The van der Waals surface area contributed by atoms with Crippen LogP contribution in [0.4, 0.5) is 5.69 Å². The van der Waals surface area contributed by atoms with Crippen molar-refractivity contribution in [3.8, 4) is 0 Å². The molecule has 108 valence electrons. The first-order valence-electron chi connectivity index (χ1n) is 6.40. The van der Waals surface area contributed by atoms with E-state index in [4.69, 9.17) is 0 Å². The largest absolute Gasteiger partial charge is 0.278 e. The van der Waals surface area contributed by atoms with Crippen molar-refractivity contribution in [2.45, 2.75) is 38.3 Å². The highest BCUT2D eigenvalue weighted by Gasteiger charge is 2.22. The molecule has 0 spiro atoms. The Morgan fingerprint density at radius 3 is 2.50 bits per heavy atom. The summed E-state index contributed by atoms with van der Waals surface area (Å²) in [5.74, 6) is 0. The van der Waals surface area contributed by atoms with Crippen LogP contribution in [0.15, 0.2) is 22.4 Å². The SMILES string of the molecule is CCc1cccc(C)c1NS(=O)(=O)c1sc(C)nc1C. The third-order valence-electron chi connectivity index (χ3n) is 3.08. The maximum Gasteiger partial charge on any atom is 0.273 e. The van der Waals surface area contributed by atoms with E-state index in [1.165, 1.54) is 11.3 Å². The van der Waals surface area contributed by atoms with Gasteiger partial charge in [0.1, 0.15) is 0 Å². The molecule has 1 heterocycles. The molecular formula is C14H18N2O2S2. The van der Waals surface area contributed by atoms with Gasteiger partial charge in [0.2, 0.25) is 0 Å². The van der Waals surface area contributed by atoms with Gasteiger partial charge in [-0.15, -0.1) is 11.3 Å². The first-order chi connectivity index (χ1) is 9.35. The maximum atomic E-state index is 12.5. The summed E-state index contributed by atoms with van der Waals surface area (Å²) < 4.78 is 28.0. The van der Waals surface area contributed by atoms with Crippen LogP contribution in [0.2, 0.25) is 0 Å². The zero-order valence-electron chi connectivity index (χ0n) is 12.0. The van der Waals surface area contributed by atoms with Gasteiger partial charge in [-0.3, -0.25) is 4.72 Å². The molecule has 2 rings (SSSR count).